The summed E-state index contributed by atoms with van der Waals surface area (Å²) in [5.74, 6) is -0.463. The number of amides is 2. The Balaban J connectivity index is 1.55. The molecule has 166 valence electrons. The van der Waals surface area contributed by atoms with Crippen molar-refractivity contribution in [1.29, 1.82) is 0 Å². The molecule has 0 spiro atoms. The van der Waals surface area contributed by atoms with E-state index in [9.17, 15) is 14.0 Å². The molecule has 1 atom stereocenters. The first-order chi connectivity index (χ1) is 15.5. The summed E-state index contributed by atoms with van der Waals surface area (Å²) < 4.78 is 20.6. The van der Waals surface area contributed by atoms with Crippen LogP contribution in [0.25, 0.3) is 11.5 Å². The van der Waals surface area contributed by atoms with E-state index >= 15 is 0 Å². The van der Waals surface area contributed by atoms with Crippen molar-refractivity contribution in [2.45, 2.75) is 57.2 Å². The highest BCUT2D eigenvalue weighted by Gasteiger charge is 2.49. The van der Waals surface area contributed by atoms with Crippen molar-refractivity contribution >= 4 is 17.5 Å². The molecule has 0 saturated heterocycles. The van der Waals surface area contributed by atoms with Crippen molar-refractivity contribution in [2.24, 2.45) is 0 Å². The molecule has 0 radical (unpaired) electrons. The zero-order chi connectivity index (χ0) is 22.3. The molecular weight excluding hydrogens is 411 g/mol. The Morgan fingerprint density at radius 3 is 2.62 bits per heavy atom. The molecule has 1 aliphatic heterocycles. The Bertz CT molecular complexity index is 1130. The van der Waals surface area contributed by atoms with E-state index in [1.807, 2.05) is 0 Å². The molecule has 1 N–H and O–H groups in total. The van der Waals surface area contributed by atoms with E-state index < -0.39 is 11.4 Å². The van der Waals surface area contributed by atoms with Gasteiger partial charge < -0.3 is 9.73 Å². The monoisotopic (exact) mass is 436 g/mol. The first kappa shape index (κ1) is 20.5. The Hall–Kier alpha value is -3.42. The summed E-state index contributed by atoms with van der Waals surface area (Å²) in [5, 5.41) is 7.71. The summed E-state index contributed by atoms with van der Waals surface area (Å²) in [7, 11) is 0. The van der Waals surface area contributed by atoms with Crippen LogP contribution in [0.3, 0.4) is 0 Å². The van der Waals surface area contributed by atoms with E-state index in [1.165, 1.54) is 35.6 Å². The number of anilines is 1. The highest BCUT2D eigenvalue weighted by molar-refractivity contribution is 6.12. The SMILES string of the molecule is C[C@]1(C(=O)NC2CCCCC2)Cn2nc(-c3ccco3)cc2C(=O)N1c1ccc(F)cc1. The van der Waals surface area contributed by atoms with E-state index in [4.69, 9.17) is 4.42 Å². The highest BCUT2D eigenvalue weighted by atomic mass is 19.1. The standard InChI is InChI=1S/C24H25FN4O3/c1-24(23(31)26-17-6-3-2-4-7-17)15-28-20(14-19(27-28)21-8-5-13-32-21)22(30)29(24)18-11-9-16(25)10-12-18/h5,8-14,17H,2-4,6-7,15H2,1H3,(H,26,31)/t24-/m1/s1. The quantitative estimate of drug-likeness (QED) is 0.666. The van der Waals surface area contributed by atoms with Crippen LogP contribution in [0.2, 0.25) is 0 Å². The summed E-state index contributed by atoms with van der Waals surface area (Å²) in [6.07, 6.45) is 6.75. The molecule has 8 heteroatoms. The largest absolute Gasteiger partial charge is 0.463 e. The maximum absolute atomic E-state index is 13.7. The van der Waals surface area contributed by atoms with Gasteiger partial charge in [0.15, 0.2) is 5.76 Å². The van der Waals surface area contributed by atoms with E-state index in [0.717, 1.165) is 25.7 Å². The van der Waals surface area contributed by atoms with Gasteiger partial charge >= 0.3 is 0 Å². The van der Waals surface area contributed by atoms with E-state index in [1.54, 1.807) is 36.1 Å². The third-order valence-corrected chi connectivity index (χ3v) is 6.44. The Morgan fingerprint density at radius 2 is 1.94 bits per heavy atom. The maximum Gasteiger partial charge on any atom is 0.277 e. The molecule has 5 rings (SSSR count). The molecular formula is C24H25FN4O3. The molecule has 1 aliphatic carbocycles. The number of hydrogen-bond donors (Lipinski definition) is 1. The summed E-state index contributed by atoms with van der Waals surface area (Å²) >= 11 is 0. The number of rotatable bonds is 4. The zero-order valence-electron chi connectivity index (χ0n) is 17.9. The minimum atomic E-state index is -1.23. The van der Waals surface area contributed by atoms with Crippen LogP contribution in [0.1, 0.15) is 49.5 Å². The van der Waals surface area contributed by atoms with Gasteiger partial charge in [0.05, 0.1) is 12.8 Å². The molecule has 2 aliphatic rings. The van der Waals surface area contributed by atoms with Gasteiger partial charge in [-0.05, 0) is 56.2 Å². The number of carbonyl (C=O) groups excluding carboxylic acids is 2. The third kappa shape index (κ3) is 3.49. The van der Waals surface area contributed by atoms with Crippen LogP contribution < -0.4 is 10.2 Å². The van der Waals surface area contributed by atoms with Crippen molar-refractivity contribution in [1.82, 2.24) is 15.1 Å². The fraction of sp³-hybridized carbons (Fsp3) is 0.375. The number of nitrogens with zero attached hydrogens (tertiary/aromatic N) is 3. The number of fused-ring (bicyclic) bond motifs is 1. The second-order valence-electron chi connectivity index (χ2n) is 8.75. The van der Waals surface area contributed by atoms with Gasteiger partial charge in [-0.3, -0.25) is 19.2 Å². The molecule has 1 aromatic carbocycles. The smallest absolute Gasteiger partial charge is 0.277 e. The molecule has 32 heavy (non-hydrogen) atoms. The van der Waals surface area contributed by atoms with Gasteiger partial charge in [-0.25, -0.2) is 4.39 Å². The average molecular weight is 436 g/mol. The van der Waals surface area contributed by atoms with Crippen LogP contribution in [0.5, 0.6) is 0 Å². The molecule has 3 heterocycles. The highest BCUT2D eigenvalue weighted by Crippen LogP contribution is 2.34. The predicted molar refractivity (Wildman–Crippen MR) is 117 cm³/mol. The van der Waals surface area contributed by atoms with Crippen molar-refractivity contribution in [3.05, 3.63) is 60.2 Å². The molecule has 7 nitrogen and oxygen atoms in total. The number of aromatic nitrogens is 2. The third-order valence-electron chi connectivity index (χ3n) is 6.44. The molecule has 2 aromatic heterocycles. The number of nitrogens with one attached hydrogen (secondary N) is 1. The maximum atomic E-state index is 13.7. The topological polar surface area (TPSA) is 80.4 Å². The number of furan rings is 1. The second kappa shape index (κ2) is 7.93. The number of benzene rings is 1. The lowest BCUT2D eigenvalue weighted by Crippen LogP contribution is -2.65. The molecule has 0 unspecified atom stereocenters. The van der Waals surface area contributed by atoms with Crippen molar-refractivity contribution in [3.8, 4) is 11.5 Å². The van der Waals surface area contributed by atoms with Crippen LogP contribution in [-0.2, 0) is 11.3 Å². The van der Waals surface area contributed by atoms with Gasteiger partial charge in [0.1, 0.15) is 22.7 Å². The van der Waals surface area contributed by atoms with Gasteiger partial charge in [-0.15, -0.1) is 0 Å². The molecule has 3 aromatic rings. The van der Waals surface area contributed by atoms with Crippen molar-refractivity contribution < 1.29 is 18.4 Å². The lowest BCUT2D eigenvalue weighted by Gasteiger charge is -2.44. The lowest BCUT2D eigenvalue weighted by atomic mass is 9.91. The molecule has 2 amide bonds. The fourth-order valence-corrected chi connectivity index (χ4v) is 4.71. The van der Waals surface area contributed by atoms with Crippen LogP contribution in [0.4, 0.5) is 10.1 Å². The normalized spacial score (nSPS) is 21.4. The molecule has 0 bridgehead atoms. The minimum Gasteiger partial charge on any atom is -0.463 e. The van der Waals surface area contributed by atoms with Gasteiger partial charge in [-0.1, -0.05) is 19.3 Å². The van der Waals surface area contributed by atoms with E-state index in [-0.39, 0.29) is 24.4 Å². The minimum absolute atomic E-state index is 0.0935. The van der Waals surface area contributed by atoms with Crippen LogP contribution in [-0.4, -0.2) is 33.2 Å². The summed E-state index contributed by atoms with van der Waals surface area (Å²) in [5.41, 5.74) is 0.105. The van der Waals surface area contributed by atoms with Crippen LogP contribution >= 0.6 is 0 Å². The first-order valence-electron chi connectivity index (χ1n) is 11.0. The average Bonchev–Trinajstić information content (AvgIpc) is 3.46. The number of carbonyl (C=O) groups is 2. The van der Waals surface area contributed by atoms with Crippen LogP contribution in [0.15, 0.2) is 53.1 Å². The summed E-state index contributed by atoms with van der Waals surface area (Å²) in [6, 6.07) is 10.9. The van der Waals surface area contributed by atoms with Gasteiger partial charge in [0.25, 0.3) is 5.91 Å². The zero-order valence-corrected chi connectivity index (χ0v) is 17.9. The van der Waals surface area contributed by atoms with Gasteiger partial charge in [-0.2, -0.15) is 5.10 Å². The molecule has 1 saturated carbocycles. The van der Waals surface area contributed by atoms with Crippen molar-refractivity contribution in [3.63, 3.8) is 0 Å². The van der Waals surface area contributed by atoms with Crippen LogP contribution in [0, 0.1) is 5.82 Å². The number of halogens is 1. The number of hydrogen-bond acceptors (Lipinski definition) is 4. The summed E-state index contributed by atoms with van der Waals surface area (Å²) in [6.45, 7) is 1.91. The predicted octanol–water partition coefficient (Wildman–Crippen LogP) is 4.15. The molecule has 1 fully saturated rings. The van der Waals surface area contributed by atoms with E-state index in [2.05, 4.69) is 10.4 Å². The van der Waals surface area contributed by atoms with Crippen molar-refractivity contribution in [2.75, 3.05) is 4.90 Å². The summed E-state index contributed by atoms with van der Waals surface area (Å²) in [4.78, 5) is 28.7. The Kier molecular flexibility index (Phi) is 5.07. The van der Waals surface area contributed by atoms with Gasteiger partial charge in [0, 0.05) is 17.8 Å². The Labute approximate surface area is 185 Å². The Morgan fingerprint density at radius 1 is 1.19 bits per heavy atom. The first-order valence-corrected chi connectivity index (χ1v) is 11.0. The van der Waals surface area contributed by atoms with Gasteiger partial charge in [0.2, 0.25) is 5.91 Å². The fourth-order valence-electron chi connectivity index (χ4n) is 4.71. The second-order valence-corrected chi connectivity index (χ2v) is 8.75. The lowest BCUT2D eigenvalue weighted by molar-refractivity contribution is -0.127. The van der Waals surface area contributed by atoms with E-state index in [0.29, 0.717) is 22.8 Å².